The van der Waals surface area contributed by atoms with E-state index in [2.05, 4.69) is 50.2 Å². The highest BCUT2D eigenvalue weighted by Gasteiger charge is 2.00. The van der Waals surface area contributed by atoms with Gasteiger partial charge in [0.15, 0.2) is 0 Å². The molecular weight excluding hydrogens is 264 g/mol. The highest BCUT2D eigenvalue weighted by molar-refractivity contribution is 6.30. The monoisotopic (exact) mass is 286 g/mol. The molecule has 20 heavy (non-hydrogen) atoms. The predicted molar refractivity (Wildman–Crippen MR) is 88.5 cm³/mol. The maximum absolute atomic E-state index is 5.90. The lowest BCUT2D eigenvalue weighted by molar-refractivity contribution is 0.646. The van der Waals surface area contributed by atoms with Crippen molar-refractivity contribution in [3.05, 3.63) is 70.2 Å². The van der Waals surface area contributed by atoms with Crippen LogP contribution in [-0.4, -0.2) is 0 Å². The third-order valence-electron chi connectivity index (χ3n) is 3.48. The molecule has 0 N–H and O–H groups in total. The number of benzene rings is 2. The predicted octanol–water partition coefficient (Wildman–Crippen LogP) is 5.71. The van der Waals surface area contributed by atoms with E-state index in [0.717, 1.165) is 23.8 Å². The minimum atomic E-state index is 0.722. The standard InChI is InChI=1S/C19H23Cl/c1-15(2)13-18-8-4-7-17(14-18)6-3-5-16-9-11-19(20)12-10-16/h4,7-12,14-15H,3,5-6,13H2,1-2H3. The van der Waals surface area contributed by atoms with Crippen LogP contribution in [0, 0.1) is 5.92 Å². The summed E-state index contributed by atoms with van der Waals surface area (Å²) in [4.78, 5) is 0. The van der Waals surface area contributed by atoms with Crippen LogP contribution in [0.25, 0.3) is 0 Å². The van der Waals surface area contributed by atoms with Gasteiger partial charge in [-0.15, -0.1) is 0 Å². The summed E-state index contributed by atoms with van der Waals surface area (Å²) in [5.41, 5.74) is 4.29. The molecular formula is C19H23Cl. The normalized spacial score (nSPS) is 11.0. The van der Waals surface area contributed by atoms with Gasteiger partial charge in [0.25, 0.3) is 0 Å². The molecule has 0 aromatic heterocycles. The number of hydrogen-bond donors (Lipinski definition) is 0. The lowest BCUT2D eigenvalue weighted by Crippen LogP contribution is -1.96. The minimum Gasteiger partial charge on any atom is -0.0843 e. The van der Waals surface area contributed by atoms with Crippen LogP contribution < -0.4 is 0 Å². The van der Waals surface area contributed by atoms with Gasteiger partial charge in [-0.2, -0.15) is 0 Å². The third-order valence-corrected chi connectivity index (χ3v) is 3.73. The van der Waals surface area contributed by atoms with Crippen LogP contribution in [0.15, 0.2) is 48.5 Å². The second kappa shape index (κ2) is 7.50. The summed E-state index contributed by atoms with van der Waals surface area (Å²) < 4.78 is 0. The van der Waals surface area contributed by atoms with Crippen molar-refractivity contribution in [2.45, 2.75) is 39.5 Å². The van der Waals surface area contributed by atoms with Crippen molar-refractivity contribution in [1.82, 2.24) is 0 Å². The molecule has 0 unspecified atom stereocenters. The molecule has 0 radical (unpaired) electrons. The smallest absolute Gasteiger partial charge is 0.0406 e. The summed E-state index contributed by atoms with van der Waals surface area (Å²) in [6, 6.07) is 17.2. The van der Waals surface area contributed by atoms with Crippen molar-refractivity contribution >= 4 is 11.6 Å². The molecule has 0 heterocycles. The highest BCUT2D eigenvalue weighted by Crippen LogP contribution is 2.15. The van der Waals surface area contributed by atoms with Crippen LogP contribution in [0.3, 0.4) is 0 Å². The Bertz CT molecular complexity index is 526. The largest absolute Gasteiger partial charge is 0.0843 e. The van der Waals surface area contributed by atoms with Gasteiger partial charge < -0.3 is 0 Å². The van der Waals surface area contributed by atoms with E-state index in [1.165, 1.54) is 29.5 Å². The first kappa shape index (κ1) is 15.1. The number of rotatable bonds is 6. The van der Waals surface area contributed by atoms with Gasteiger partial charge in [-0.05, 0) is 60.4 Å². The van der Waals surface area contributed by atoms with E-state index >= 15 is 0 Å². The molecule has 0 aliphatic heterocycles. The summed E-state index contributed by atoms with van der Waals surface area (Å²) in [6.45, 7) is 4.54. The molecule has 2 aromatic rings. The first-order chi connectivity index (χ1) is 9.63. The third kappa shape index (κ3) is 5.02. The fourth-order valence-corrected chi connectivity index (χ4v) is 2.66. The Morgan fingerprint density at radius 1 is 0.850 bits per heavy atom. The Kier molecular flexibility index (Phi) is 5.67. The Morgan fingerprint density at radius 2 is 1.50 bits per heavy atom. The SMILES string of the molecule is CC(C)Cc1cccc(CCCc2ccc(Cl)cc2)c1. The fourth-order valence-electron chi connectivity index (χ4n) is 2.53. The van der Waals surface area contributed by atoms with Crippen molar-refractivity contribution in [1.29, 1.82) is 0 Å². The van der Waals surface area contributed by atoms with Crippen molar-refractivity contribution in [3.63, 3.8) is 0 Å². The zero-order chi connectivity index (χ0) is 14.4. The molecule has 0 atom stereocenters. The lowest BCUT2D eigenvalue weighted by Gasteiger charge is -2.08. The van der Waals surface area contributed by atoms with Crippen molar-refractivity contribution in [2.75, 3.05) is 0 Å². The van der Waals surface area contributed by atoms with Crippen molar-refractivity contribution < 1.29 is 0 Å². The molecule has 0 fully saturated rings. The van der Waals surface area contributed by atoms with Crippen LogP contribution in [-0.2, 0) is 19.3 Å². The van der Waals surface area contributed by atoms with Crippen molar-refractivity contribution in [3.8, 4) is 0 Å². The van der Waals surface area contributed by atoms with E-state index < -0.39 is 0 Å². The van der Waals surface area contributed by atoms with Gasteiger partial charge in [0.05, 0.1) is 0 Å². The van der Waals surface area contributed by atoms with Gasteiger partial charge in [-0.25, -0.2) is 0 Å². The quantitative estimate of drug-likeness (QED) is 0.638. The molecule has 1 heteroatoms. The number of hydrogen-bond acceptors (Lipinski definition) is 0. The Balaban J connectivity index is 1.86. The van der Waals surface area contributed by atoms with Gasteiger partial charge >= 0.3 is 0 Å². The van der Waals surface area contributed by atoms with Crippen LogP contribution in [0.2, 0.25) is 5.02 Å². The average molecular weight is 287 g/mol. The van der Waals surface area contributed by atoms with Gasteiger partial charge in [0.2, 0.25) is 0 Å². The molecule has 106 valence electrons. The van der Waals surface area contributed by atoms with Gasteiger partial charge in [0.1, 0.15) is 0 Å². The maximum Gasteiger partial charge on any atom is 0.0406 e. The van der Waals surface area contributed by atoms with Crippen LogP contribution in [0.1, 0.15) is 37.0 Å². The molecule has 2 rings (SSSR count). The number of halogens is 1. The molecule has 0 nitrogen and oxygen atoms in total. The Morgan fingerprint density at radius 3 is 2.20 bits per heavy atom. The maximum atomic E-state index is 5.90. The Labute approximate surface area is 127 Å². The fraction of sp³-hybridized carbons (Fsp3) is 0.368. The molecule has 0 amide bonds. The summed E-state index contributed by atoms with van der Waals surface area (Å²) in [6.07, 6.45) is 4.62. The topological polar surface area (TPSA) is 0 Å². The lowest BCUT2D eigenvalue weighted by atomic mass is 9.98. The molecule has 0 aliphatic rings. The molecule has 0 saturated carbocycles. The van der Waals surface area contributed by atoms with E-state index in [1.807, 2.05) is 12.1 Å². The second-order valence-electron chi connectivity index (χ2n) is 5.90. The van der Waals surface area contributed by atoms with Crippen LogP contribution >= 0.6 is 11.6 Å². The first-order valence-electron chi connectivity index (χ1n) is 7.46. The summed E-state index contributed by atoms with van der Waals surface area (Å²) >= 11 is 5.90. The summed E-state index contributed by atoms with van der Waals surface area (Å²) in [5, 5.41) is 0.815. The van der Waals surface area contributed by atoms with E-state index in [0.29, 0.717) is 0 Å². The minimum absolute atomic E-state index is 0.722. The summed E-state index contributed by atoms with van der Waals surface area (Å²) in [7, 11) is 0. The van der Waals surface area contributed by atoms with Gasteiger partial charge in [-0.1, -0.05) is 61.8 Å². The van der Waals surface area contributed by atoms with Crippen LogP contribution in [0.4, 0.5) is 0 Å². The van der Waals surface area contributed by atoms with Crippen LogP contribution in [0.5, 0.6) is 0 Å². The molecule has 0 saturated heterocycles. The first-order valence-corrected chi connectivity index (χ1v) is 7.83. The van der Waals surface area contributed by atoms with Gasteiger partial charge in [-0.3, -0.25) is 0 Å². The van der Waals surface area contributed by atoms with E-state index in [9.17, 15) is 0 Å². The molecule has 2 aromatic carbocycles. The van der Waals surface area contributed by atoms with E-state index in [1.54, 1.807) is 0 Å². The molecule has 0 bridgehead atoms. The average Bonchev–Trinajstić information content (AvgIpc) is 2.41. The van der Waals surface area contributed by atoms with Gasteiger partial charge in [0, 0.05) is 5.02 Å². The van der Waals surface area contributed by atoms with E-state index in [4.69, 9.17) is 11.6 Å². The highest BCUT2D eigenvalue weighted by atomic mass is 35.5. The molecule has 0 spiro atoms. The molecule has 0 aliphatic carbocycles. The van der Waals surface area contributed by atoms with E-state index in [-0.39, 0.29) is 0 Å². The zero-order valence-electron chi connectivity index (χ0n) is 12.4. The summed E-state index contributed by atoms with van der Waals surface area (Å²) in [5.74, 6) is 0.722. The number of aryl methyl sites for hydroxylation is 2. The zero-order valence-corrected chi connectivity index (χ0v) is 13.2. The second-order valence-corrected chi connectivity index (χ2v) is 6.33. The Hall–Kier alpha value is -1.27. The van der Waals surface area contributed by atoms with Crippen molar-refractivity contribution in [2.24, 2.45) is 5.92 Å².